The number of rotatable bonds is 6. The van der Waals surface area contributed by atoms with Gasteiger partial charge in [-0.05, 0) is 44.1 Å². The van der Waals surface area contributed by atoms with Crippen molar-refractivity contribution in [3.63, 3.8) is 0 Å². The van der Waals surface area contributed by atoms with Gasteiger partial charge in [0.05, 0.1) is 6.20 Å². The number of likely N-dealkylation sites (tertiary alicyclic amines) is 1. The lowest BCUT2D eigenvalue weighted by Crippen LogP contribution is -2.22. The fourth-order valence-corrected chi connectivity index (χ4v) is 3.26. The van der Waals surface area contributed by atoms with Crippen LogP contribution in [0.2, 0.25) is 0 Å². The Morgan fingerprint density at radius 2 is 1.82 bits per heavy atom. The molecule has 1 fully saturated rings. The van der Waals surface area contributed by atoms with Crippen molar-refractivity contribution >= 4 is 0 Å². The van der Waals surface area contributed by atoms with Crippen molar-refractivity contribution in [1.82, 2.24) is 19.6 Å². The summed E-state index contributed by atoms with van der Waals surface area (Å²) < 4.78 is 1.87. The molecule has 1 aromatic heterocycles. The number of benzene rings is 1. The molecule has 3 rings (SSSR count). The third kappa shape index (κ3) is 3.96. The Balaban J connectivity index is 1.63. The van der Waals surface area contributed by atoms with Gasteiger partial charge in [-0.2, -0.15) is 5.10 Å². The smallest absolute Gasteiger partial charge is 0.0534 e. The van der Waals surface area contributed by atoms with E-state index in [-0.39, 0.29) is 0 Å². The standard InChI is InChI=1S/C18H26N4/c1-20(12-16-11-19-21(2)13-16)14-17-7-3-4-8-18(17)15-22-9-5-6-10-22/h3-4,7-8,11,13H,5-6,9-10,12,14-15H2,1-2H3. The van der Waals surface area contributed by atoms with E-state index in [1.165, 1.54) is 42.6 Å². The van der Waals surface area contributed by atoms with Gasteiger partial charge in [0.2, 0.25) is 0 Å². The molecule has 2 heterocycles. The molecule has 0 aliphatic carbocycles. The Kier molecular flexibility index (Phi) is 4.90. The van der Waals surface area contributed by atoms with Gasteiger partial charge in [0.15, 0.2) is 0 Å². The average molecular weight is 298 g/mol. The molecule has 118 valence electrons. The van der Waals surface area contributed by atoms with Crippen LogP contribution in [0, 0.1) is 0 Å². The van der Waals surface area contributed by atoms with Gasteiger partial charge in [0.25, 0.3) is 0 Å². The Morgan fingerprint density at radius 1 is 1.09 bits per heavy atom. The molecular formula is C18H26N4. The van der Waals surface area contributed by atoms with Gasteiger partial charge in [-0.25, -0.2) is 0 Å². The van der Waals surface area contributed by atoms with E-state index in [9.17, 15) is 0 Å². The van der Waals surface area contributed by atoms with Crippen molar-refractivity contribution in [2.75, 3.05) is 20.1 Å². The third-order valence-electron chi connectivity index (χ3n) is 4.36. The van der Waals surface area contributed by atoms with E-state index in [1.807, 2.05) is 17.9 Å². The highest BCUT2D eigenvalue weighted by Crippen LogP contribution is 2.18. The minimum atomic E-state index is 0.936. The Bertz CT molecular complexity index is 599. The highest BCUT2D eigenvalue weighted by Gasteiger charge is 2.14. The van der Waals surface area contributed by atoms with Crippen molar-refractivity contribution < 1.29 is 0 Å². The molecule has 4 heteroatoms. The average Bonchev–Trinajstić information content (AvgIpc) is 3.13. The van der Waals surface area contributed by atoms with E-state index >= 15 is 0 Å². The van der Waals surface area contributed by atoms with Gasteiger partial charge < -0.3 is 0 Å². The first-order valence-corrected chi connectivity index (χ1v) is 8.16. The van der Waals surface area contributed by atoms with E-state index < -0.39 is 0 Å². The molecule has 1 aromatic carbocycles. The van der Waals surface area contributed by atoms with Crippen LogP contribution in [0.4, 0.5) is 0 Å². The molecule has 1 aliphatic heterocycles. The lowest BCUT2D eigenvalue weighted by molar-refractivity contribution is 0.307. The van der Waals surface area contributed by atoms with E-state index in [0.29, 0.717) is 0 Å². The van der Waals surface area contributed by atoms with Crippen LogP contribution >= 0.6 is 0 Å². The summed E-state index contributed by atoms with van der Waals surface area (Å²) in [6.45, 7) is 5.52. The molecular weight excluding hydrogens is 272 g/mol. The van der Waals surface area contributed by atoms with Crippen molar-refractivity contribution in [1.29, 1.82) is 0 Å². The summed E-state index contributed by atoms with van der Waals surface area (Å²) in [6, 6.07) is 8.87. The summed E-state index contributed by atoms with van der Waals surface area (Å²) in [5, 5.41) is 4.25. The van der Waals surface area contributed by atoms with Crippen LogP contribution in [0.1, 0.15) is 29.5 Å². The fourth-order valence-electron chi connectivity index (χ4n) is 3.26. The fraction of sp³-hybridized carbons (Fsp3) is 0.500. The van der Waals surface area contributed by atoms with E-state index in [1.54, 1.807) is 0 Å². The Labute approximate surface area is 133 Å². The molecule has 0 amide bonds. The third-order valence-corrected chi connectivity index (χ3v) is 4.36. The van der Waals surface area contributed by atoms with Crippen LogP contribution in [-0.2, 0) is 26.7 Å². The minimum absolute atomic E-state index is 0.936. The van der Waals surface area contributed by atoms with Gasteiger partial charge in [-0.1, -0.05) is 24.3 Å². The second kappa shape index (κ2) is 7.07. The molecule has 0 radical (unpaired) electrons. The van der Waals surface area contributed by atoms with Gasteiger partial charge in [0.1, 0.15) is 0 Å². The maximum absolute atomic E-state index is 4.25. The number of hydrogen-bond acceptors (Lipinski definition) is 3. The molecule has 0 atom stereocenters. The van der Waals surface area contributed by atoms with Gasteiger partial charge >= 0.3 is 0 Å². The quantitative estimate of drug-likeness (QED) is 0.819. The molecule has 0 N–H and O–H groups in total. The molecule has 1 saturated heterocycles. The highest BCUT2D eigenvalue weighted by atomic mass is 15.2. The lowest BCUT2D eigenvalue weighted by atomic mass is 10.1. The van der Waals surface area contributed by atoms with Crippen LogP contribution < -0.4 is 0 Å². The monoisotopic (exact) mass is 298 g/mol. The first kappa shape index (κ1) is 15.3. The van der Waals surface area contributed by atoms with Crippen molar-refractivity contribution in [3.8, 4) is 0 Å². The maximum atomic E-state index is 4.25. The molecule has 0 bridgehead atoms. The molecule has 0 saturated carbocycles. The number of hydrogen-bond donors (Lipinski definition) is 0. The zero-order chi connectivity index (χ0) is 15.4. The number of aromatic nitrogens is 2. The maximum Gasteiger partial charge on any atom is 0.0534 e. The first-order chi connectivity index (χ1) is 10.7. The van der Waals surface area contributed by atoms with E-state index in [4.69, 9.17) is 0 Å². The van der Waals surface area contributed by atoms with Gasteiger partial charge in [-0.3, -0.25) is 14.5 Å². The molecule has 1 aliphatic rings. The molecule has 22 heavy (non-hydrogen) atoms. The largest absolute Gasteiger partial charge is 0.299 e. The van der Waals surface area contributed by atoms with Crippen LogP contribution in [0.3, 0.4) is 0 Å². The first-order valence-electron chi connectivity index (χ1n) is 8.16. The topological polar surface area (TPSA) is 24.3 Å². The Hall–Kier alpha value is -1.65. The predicted octanol–water partition coefficient (Wildman–Crippen LogP) is 2.65. The summed E-state index contributed by atoms with van der Waals surface area (Å²) in [5.41, 5.74) is 4.19. The molecule has 0 spiro atoms. The van der Waals surface area contributed by atoms with E-state index in [0.717, 1.165) is 19.6 Å². The second-order valence-electron chi connectivity index (χ2n) is 6.45. The minimum Gasteiger partial charge on any atom is -0.299 e. The molecule has 0 unspecified atom stereocenters. The second-order valence-corrected chi connectivity index (χ2v) is 6.45. The zero-order valence-corrected chi connectivity index (χ0v) is 13.7. The molecule has 2 aromatic rings. The summed E-state index contributed by atoms with van der Waals surface area (Å²) in [6.07, 6.45) is 6.74. The summed E-state index contributed by atoms with van der Waals surface area (Å²) in [5.74, 6) is 0. The Morgan fingerprint density at radius 3 is 2.50 bits per heavy atom. The summed E-state index contributed by atoms with van der Waals surface area (Å²) in [7, 11) is 4.15. The van der Waals surface area contributed by atoms with Crippen LogP contribution in [0.5, 0.6) is 0 Å². The highest BCUT2D eigenvalue weighted by molar-refractivity contribution is 5.27. The van der Waals surface area contributed by atoms with Crippen molar-refractivity contribution in [2.45, 2.75) is 32.5 Å². The zero-order valence-electron chi connectivity index (χ0n) is 13.7. The van der Waals surface area contributed by atoms with Gasteiger partial charge in [-0.15, -0.1) is 0 Å². The van der Waals surface area contributed by atoms with Crippen LogP contribution in [0.15, 0.2) is 36.7 Å². The number of aryl methyl sites for hydroxylation is 1. The number of nitrogens with zero attached hydrogens (tertiary/aromatic N) is 4. The van der Waals surface area contributed by atoms with Crippen LogP contribution in [-0.4, -0.2) is 39.7 Å². The summed E-state index contributed by atoms with van der Waals surface area (Å²) >= 11 is 0. The van der Waals surface area contributed by atoms with Crippen molar-refractivity contribution in [3.05, 3.63) is 53.3 Å². The van der Waals surface area contributed by atoms with Crippen LogP contribution in [0.25, 0.3) is 0 Å². The molecule has 4 nitrogen and oxygen atoms in total. The van der Waals surface area contributed by atoms with Gasteiger partial charge in [0, 0.05) is 38.4 Å². The SMILES string of the molecule is CN(Cc1cnn(C)c1)Cc1ccccc1CN1CCCC1. The summed E-state index contributed by atoms with van der Waals surface area (Å²) in [4.78, 5) is 4.93. The predicted molar refractivity (Wildman–Crippen MR) is 89.3 cm³/mol. The normalized spacial score (nSPS) is 15.8. The van der Waals surface area contributed by atoms with E-state index in [2.05, 4.69) is 52.4 Å². The lowest BCUT2D eigenvalue weighted by Gasteiger charge is -2.21. The van der Waals surface area contributed by atoms with Crippen molar-refractivity contribution in [2.24, 2.45) is 7.05 Å².